The summed E-state index contributed by atoms with van der Waals surface area (Å²) in [5, 5.41) is 14.2. The van der Waals surface area contributed by atoms with Gasteiger partial charge in [0.2, 0.25) is 0 Å². The number of carbonyl (C=O) groups excluding carboxylic acids is 1. The van der Waals surface area contributed by atoms with Crippen LogP contribution in [0.25, 0.3) is 0 Å². The average molecular weight is 319 g/mol. The summed E-state index contributed by atoms with van der Waals surface area (Å²) in [5.41, 5.74) is 0.0816. The summed E-state index contributed by atoms with van der Waals surface area (Å²) in [5.74, 6) is 1.01. The second-order valence-electron chi connectivity index (χ2n) is 6.77. The Labute approximate surface area is 133 Å². The number of likely N-dealkylation sites (tertiary alicyclic amines) is 1. The summed E-state index contributed by atoms with van der Waals surface area (Å²) in [6, 6.07) is 4.02. The standard InChI is InChI=1S/C15H21N5OS/c1-15(2,3)12-7-6-11(22-12)14(21)20-8-4-5-10(9-20)13-16-18-19-17-13/h6-7,10H,4-5,8-9H2,1-3H3,(H,16,17,18,19)/t10-/m0/s1. The zero-order valence-corrected chi connectivity index (χ0v) is 14.0. The normalized spacial score (nSPS) is 19.4. The van der Waals surface area contributed by atoms with E-state index in [1.807, 2.05) is 11.0 Å². The molecule has 1 aliphatic rings. The Bertz CT molecular complexity index is 643. The Balaban J connectivity index is 1.73. The fourth-order valence-electron chi connectivity index (χ4n) is 2.73. The molecule has 0 bridgehead atoms. The molecule has 1 fully saturated rings. The van der Waals surface area contributed by atoms with Crippen LogP contribution in [0, 0.1) is 0 Å². The fourth-order valence-corrected chi connectivity index (χ4v) is 3.76. The first-order chi connectivity index (χ1) is 10.4. The van der Waals surface area contributed by atoms with Crippen LogP contribution in [0.3, 0.4) is 0 Å². The summed E-state index contributed by atoms with van der Waals surface area (Å²) >= 11 is 1.60. The van der Waals surface area contributed by atoms with E-state index in [9.17, 15) is 4.79 Å². The van der Waals surface area contributed by atoms with Gasteiger partial charge in [-0.2, -0.15) is 5.21 Å². The maximum Gasteiger partial charge on any atom is 0.263 e. The van der Waals surface area contributed by atoms with Crippen LogP contribution < -0.4 is 0 Å². The molecule has 2 aromatic rings. The SMILES string of the molecule is CC(C)(C)c1ccc(C(=O)N2CCC[C@H](c3nn[nH]n3)C2)s1. The molecule has 0 spiro atoms. The zero-order valence-electron chi connectivity index (χ0n) is 13.2. The molecule has 1 saturated heterocycles. The average Bonchev–Trinajstić information content (AvgIpc) is 3.17. The molecule has 3 heterocycles. The lowest BCUT2D eigenvalue weighted by molar-refractivity contribution is 0.0709. The van der Waals surface area contributed by atoms with Crippen molar-refractivity contribution in [3.05, 3.63) is 27.7 Å². The number of hydrogen-bond donors (Lipinski definition) is 1. The topological polar surface area (TPSA) is 74.8 Å². The van der Waals surface area contributed by atoms with Gasteiger partial charge in [0.1, 0.15) is 0 Å². The van der Waals surface area contributed by atoms with Crippen molar-refractivity contribution in [2.45, 2.75) is 44.9 Å². The van der Waals surface area contributed by atoms with Gasteiger partial charge in [0.15, 0.2) is 5.82 Å². The van der Waals surface area contributed by atoms with Gasteiger partial charge in [0.25, 0.3) is 5.91 Å². The third-order valence-corrected chi connectivity index (χ3v) is 5.49. The number of tetrazole rings is 1. The minimum absolute atomic E-state index is 0.0816. The first kappa shape index (κ1) is 15.1. The summed E-state index contributed by atoms with van der Waals surface area (Å²) in [7, 11) is 0. The van der Waals surface area contributed by atoms with Crippen molar-refractivity contribution >= 4 is 17.2 Å². The van der Waals surface area contributed by atoms with Crippen molar-refractivity contribution < 1.29 is 4.79 Å². The first-order valence-corrected chi connectivity index (χ1v) is 8.40. The minimum atomic E-state index is 0.0816. The predicted molar refractivity (Wildman–Crippen MR) is 85.1 cm³/mol. The third kappa shape index (κ3) is 3.04. The predicted octanol–water partition coefficient (Wildman–Crippen LogP) is 2.58. The van der Waals surface area contributed by atoms with E-state index in [-0.39, 0.29) is 17.2 Å². The maximum absolute atomic E-state index is 12.7. The van der Waals surface area contributed by atoms with Crippen molar-refractivity contribution in [1.29, 1.82) is 0 Å². The number of nitrogens with zero attached hydrogens (tertiary/aromatic N) is 4. The van der Waals surface area contributed by atoms with Crippen LogP contribution in [0.4, 0.5) is 0 Å². The number of thiophene rings is 1. The number of rotatable bonds is 2. The molecule has 2 aromatic heterocycles. The lowest BCUT2D eigenvalue weighted by Crippen LogP contribution is -2.39. The highest BCUT2D eigenvalue weighted by molar-refractivity contribution is 7.14. The first-order valence-electron chi connectivity index (χ1n) is 7.58. The molecule has 0 aliphatic carbocycles. The molecule has 1 N–H and O–H groups in total. The number of H-pyrrole nitrogens is 1. The largest absolute Gasteiger partial charge is 0.337 e. The summed E-state index contributed by atoms with van der Waals surface area (Å²) in [6.07, 6.45) is 1.98. The number of carbonyl (C=O) groups is 1. The molecular formula is C15H21N5OS. The summed E-state index contributed by atoms with van der Waals surface area (Å²) < 4.78 is 0. The smallest absolute Gasteiger partial charge is 0.263 e. The number of piperidine rings is 1. The molecule has 1 atom stereocenters. The van der Waals surface area contributed by atoms with Crippen LogP contribution in [-0.2, 0) is 5.41 Å². The molecule has 0 unspecified atom stereocenters. The van der Waals surface area contributed by atoms with E-state index in [0.717, 1.165) is 24.3 Å². The molecule has 0 radical (unpaired) electrons. The highest BCUT2D eigenvalue weighted by Gasteiger charge is 2.29. The van der Waals surface area contributed by atoms with Crippen molar-refractivity contribution in [2.75, 3.05) is 13.1 Å². The van der Waals surface area contributed by atoms with Gasteiger partial charge in [-0.05, 0) is 30.4 Å². The lowest BCUT2D eigenvalue weighted by atomic mass is 9.95. The fraction of sp³-hybridized carbons (Fsp3) is 0.600. The molecule has 1 aliphatic heterocycles. The highest BCUT2D eigenvalue weighted by Crippen LogP contribution is 2.31. The molecule has 3 rings (SSSR count). The number of amides is 1. The lowest BCUT2D eigenvalue weighted by Gasteiger charge is -2.31. The van der Waals surface area contributed by atoms with Crippen molar-refractivity contribution in [3.63, 3.8) is 0 Å². The van der Waals surface area contributed by atoms with E-state index >= 15 is 0 Å². The van der Waals surface area contributed by atoms with Gasteiger partial charge < -0.3 is 4.90 Å². The Hall–Kier alpha value is -1.76. The second-order valence-corrected chi connectivity index (χ2v) is 7.86. The summed E-state index contributed by atoms with van der Waals surface area (Å²) in [4.78, 5) is 16.7. The third-order valence-electron chi connectivity index (χ3n) is 3.99. The van der Waals surface area contributed by atoms with Gasteiger partial charge in [-0.15, -0.1) is 21.5 Å². The van der Waals surface area contributed by atoms with E-state index in [4.69, 9.17) is 0 Å². The van der Waals surface area contributed by atoms with Gasteiger partial charge in [-0.25, -0.2) is 0 Å². The molecule has 0 saturated carbocycles. The van der Waals surface area contributed by atoms with Crippen LogP contribution in [-0.4, -0.2) is 44.5 Å². The number of aromatic nitrogens is 4. The Morgan fingerprint density at radius 3 is 2.86 bits per heavy atom. The van der Waals surface area contributed by atoms with Gasteiger partial charge in [0, 0.05) is 23.9 Å². The van der Waals surface area contributed by atoms with Crippen LogP contribution in [0.5, 0.6) is 0 Å². The number of nitrogens with one attached hydrogen (secondary N) is 1. The zero-order chi connectivity index (χ0) is 15.7. The quantitative estimate of drug-likeness (QED) is 0.923. The van der Waals surface area contributed by atoms with Gasteiger partial charge in [-0.1, -0.05) is 26.0 Å². The van der Waals surface area contributed by atoms with Crippen LogP contribution in [0.15, 0.2) is 12.1 Å². The van der Waals surface area contributed by atoms with Crippen LogP contribution >= 0.6 is 11.3 Å². The van der Waals surface area contributed by atoms with Crippen LogP contribution in [0.2, 0.25) is 0 Å². The maximum atomic E-state index is 12.7. The van der Waals surface area contributed by atoms with Gasteiger partial charge in [-0.3, -0.25) is 4.79 Å². The van der Waals surface area contributed by atoms with Gasteiger partial charge in [0.05, 0.1) is 4.88 Å². The van der Waals surface area contributed by atoms with Crippen molar-refractivity contribution in [1.82, 2.24) is 25.5 Å². The molecular weight excluding hydrogens is 298 g/mol. The number of hydrogen-bond acceptors (Lipinski definition) is 5. The van der Waals surface area contributed by atoms with Gasteiger partial charge >= 0.3 is 0 Å². The molecule has 7 heteroatoms. The van der Waals surface area contributed by atoms with E-state index in [1.54, 1.807) is 11.3 Å². The van der Waals surface area contributed by atoms with E-state index < -0.39 is 0 Å². The van der Waals surface area contributed by atoms with E-state index in [1.165, 1.54) is 4.88 Å². The molecule has 0 aromatic carbocycles. The van der Waals surface area contributed by atoms with Crippen molar-refractivity contribution in [2.24, 2.45) is 0 Å². The number of aromatic amines is 1. The molecule has 1 amide bonds. The minimum Gasteiger partial charge on any atom is -0.337 e. The van der Waals surface area contributed by atoms with Crippen molar-refractivity contribution in [3.8, 4) is 0 Å². The summed E-state index contributed by atoms with van der Waals surface area (Å²) in [6.45, 7) is 7.97. The second kappa shape index (κ2) is 5.79. The molecule has 6 nitrogen and oxygen atoms in total. The monoisotopic (exact) mass is 319 g/mol. The molecule has 118 valence electrons. The highest BCUT2D eigenvalue weighted by atomic mass is 32.1. The van der Waals surface area contributed by atoms with Crippen LogP contribution in [0.1, 0.15) is 59.9 Å². The van der Waals surface area contributed by atoms with E-state index in [0.29, 0.717) is 12.4 Å². The molecule has 22 heavy (non-hydrogen) atoms. The Kier molecular flexibility index (Phi) is 3.99. The Morgan fingerprint density at radius 1 is 1.41 bits per heavy atom. The van der Waals surface area contributed by atoms with E-state index in [2.05, 4.69) is 47.5 Å². The Morgan fingerprint density at radius 2 is 2.23 bits per heavy atom.